The molecule has 0 bridgehead atoms. The molecule has 0 aliphatic heterocycles. The van der Waals surface area contributed by atoms with Crippen LogP contribution in [0.15, 0.2) is 218 Å². The van der Waals surface area contributed by atoms with Gasteiger partial charge >= 0.3 is 0 Å². The van der Waals surface area contributed by atoms with Crippen LogP contribution in [0.5, 0.6) is 0 Å². The van der Waals surface area contributed by atoms with E-state index in [-0.39, 0.29) is 5.41 Å². The number of fused-ring (bicyclic) bond motifs is 10. The van der Waals surface area contributed by atoms with E-state index in [4.69, 9.17) is 0 Å². The largest absolute Gasteiger partial charge is 0.310 e. The second kappa shape index (κ2) is 12.8. The predicted octanol–water partition coefficient (Wildman–Crippen LogP) is 16.1. The molecule has 11 aromatic rings. The van der Waals surface area contributed by atoms with Crippen LogP contribution in [-0.4, -0.2) is 4.57 Å². The van der Waals surface area contributed by atoms with Crippen LogP contribution in [0.4, 0.5) is 17.1 Å². The highest BCUT2D eigenvalue weighted by Gasteiger charge is 2.50. The monoisotopic (exact) mass is 814 g/mol. The van der Waals surface area contributed by atoms with Gasteiger partial charge < -0.3 is 9.47 Å². The molecule has 0 unspecified atom stereocenters. The molecule has 14 rings (SSSR count). The third-order valence-electron chi connectivity index (χ3n) is 15.0. The highest BCUT2D eigenvalue weighted by molar-refractivity contribution is 6.28. The van der Waals surface area contributed by atoms with E-state index in [0.717, 1.165) is 17.1 Å². The normalized spacial score (nSPS) is 14.3. The van der Waals surface area contributed by atoms with E-state index in [1.54, 1.807) is 0 Å². The van der Waals surface area contributed by atoms with Crippen molar-refractivity contribution >= 4 is 49.6 Å². The lowest BCUT2D eigenvalue weighted by Crippen LogP contribution is -2.30. The zero-order valence-corrected chi connectivity index (χ0v) is 35.7. The van der Waals surface area contributed by atoms with Gasteiger partial charge in [-0.3, -0.25) is 0 Å². The quantitative estimate of drug-likeness (QED) is 0.168. The van der Waals surface area contributed by atoms with Crippen molar-refractivity contribution in [1.29, 1.82) is 0 Å². The third kappa shape index (κ3) is 4.49. The predicted molar refractivity (Wildman–Crippen MR) is 267 cm³/mol. The standard InChI is InChI=1S/C62H42N2/c1-61(2)50-26-12-9-23-45(50)48-32-31-43(38-55(48)61)64-56-30-16-29-53-59(56)60-57(64)36-34-49-44(39-17-15-22-42(37-39)63(40-18-5-3-6-19-40)41-20-7-4-8-21-41)33-35-54(58(49)60)62(53)51-27-13-10-24-46(51)47-25-11-14-28-52(47)62/h3-38H,1-2H3. The molecule has 1 aromatic heterocycles. The van der Waals surface area contributed by atoms with E-state index in [2.05, 4.69) is 242 Å². The highest BCUT2D eigenvalue weighted by atomic mass is 15.1. The summed E-state index contributed by atoms with van der Waals surface area (Å²) in [4.78, 5) is 2.36. The molecule has 3 aliphatic rings. The van der Waals surface area contributed by atoms with Crippen LogP contribution < -0.4 is 4.90 Å². The number of anilines is 3. The summed E-state index contributed by atoms with van der Waals surface area (Å²) in [5.41, 5.74) is 22.4. The topological polar surface area (TPSA) is 8.17 Å². The van der Waals surface area contributed by atoms with Gasteiger partial charge in [-0.15, -0.1) is 0 Å². The minimum atomic E-state index is -0.502. The number of aromatic nitrogens is 1. The number of rotatable bonds is 5. The Balaban J connectivity index is 1.08. The van der Waals surface area contributed by atoms with Crippen LogP contribution in [0.1, 0.15) is 47.2 Å². The summed E-state index contributed by atoms with van der Waals surface area (Å²) in [7, 11) is 0. The first-order valence-corrected chi connectivity index (χ1v) is 22.5. The second-order valence-electron chi connectivity index (χ2n) is 18.4. The van der Waals surface area contributed by atoms with Gasteiger partial charge in [0.2, 0.25) is 0 Å². The molecule has 1 heterocycles. The third-order valence-corrected chi connectivity index (χ3v) is 15.0. The van der Waals surface area contributed by atoms with Crippen molar-refractivity contribution in [1.82, 2.24) is 4.57 Å². The number of hydrogen-bond acceptors (Lipinski definition) is 1. The Labute approximate surface area is 372 Å². The summed E-state index contributed by atoms with van der Waals surface area (Å²) >= 11 is 0. The molecular formula is C62H42N2. The molecule has 0 fully saturated rings. The van der Waals surface area contributed by atoms with Crippen LogP contribution in [0, 0.1) is 0 Å². The zero-order chi connectivity index (χ0) is 42.3. The Bertz CT molecular complexity index is 3670. The van der Waals surface area contributed by atoms with Gasteiger partial charge in [0, 0.05) is 38.9 Å². The van der Waals surface area contributed by atoms with E-state index in [9.17, 15) is 0 Å². The van der Waals surface area contributed by atoms with Gasteiger partial charge in [-0.25, -0.2) is 0 Å². The molecule has 0 saturated heterocycles. The maximum Gasteiger partial charge on any atom is 0.0726 e. The molecule has 0 saturated carbocycles. The molecule has 0 radical (unpaired) electrons. The molecule has 0 amide bonds. The van der Waals surface area contributed by atoms with E-state index in [1.807, 2.05) is 0 Å². The lowest BCUT2D eigenvalue weighted by molar-refractivity contribution is 0.660. The van der Waals surface area contributed by atoms with Gasteiger partial charge in [0.1, 0.15) is 0 Å². The van der Waals surface area contributed by atoms with Crippen molar-refractivity contribution in [3.05, 3.63) is 252 Å². The molecule has 2 nitrogen and oxygen atoms in total. The summed E-state index contributed by atoms with van der Waals surface area (Å²) in [5, 5.41) is 5.29. The van der Waals surface area contributed by atoms with Crippen molar-refractivity contribution in [2.24, 2.45) is 0 Å². The summed E-state index contributed by atoms with van der Waals surface area (Å²) in [6, 6.07) is 81.8. The Morgan fingerprint density at radius 2 is 0.875 bits per heavy atom. The van der Waals surface area contributed by atoms with Crippen LogP contribution in [-0.2, 0) is 10.8 Å². The van der Waals surface area contributed by atoms with Crippen LogP contribution in [0.3, 0.4) is 0 Å². The average Bonchev–Trinajstić information content (AvgIpc) is 3.93. The molecule has 0 atom stereocenters. The Hall–Kier alpha value is -7.94. The number of para-hydroxylation sites is 2. The second-order valence-corrected chi connectivity index (χ2v) is 18.4. The molecule has 2 heteroatoms. The molecular weight excluding hydrogens is 773 g/mol. The van der Waals surface area contributed by atoms with Gasteiger partial charge in [0.05, 0.1) is 16.4 Å². The van der Waals surface area contributed by atoms with Crippen molar-refractivity contribution in [3.63, 3.8) is 0 Å². The lowest BCUT2D eigenvalue weighted by atomic mass is 9.63. The fourth-order valence-corrected chi connectivity index (χ4v) is 12.4. The summed E-state index contributed by atoms with van der Waals surface area (Å²) in [5.74, 6) is 0. The maximum absolute atomic E-state index is 2.56. The smallest absolute Gasteiger partial charge is 0.0726 e. The fourth-order valence-electron chi connectivity index (χ4n) is 12.4. The molecule has 3 aliphatic carbocycles. The average molecular weight is 815 g/mol. The van der Waals surface area contributed by atoms with E-state index in [1.165, 1.54) is 105 Å². The van der Waals surface area contributed by atoms with Gasteiger partial charge in [-0.1, -0.05) is 172 Å². The number of nitrogens with zero attached hydrogens (tertiary/aromatic N) is 2. The minimum absolute atomic E-state index is 0.110. The first-order chi connectivity index (χ1) is 31.5. The number of benzene rings is 10. The molecule has 1 spiro atoms. The molecule has 64 heavy (non-hydrogen) atoms. The summed E-state index contributed by atoms with van der Waals surface area (Å²) < 4.78 is 2.56. The Morgan fingerprint density at radius 3 is 1.58 bits per heavy atom. The van der Waals surface area contributed by atoms with E-state index in [0.29, 0.717) is 0 Å². The van der Waals surface area contributed by atoms with Gasteiger partial charge in [-0.05, 0) is 138 Å². The summed E-state index contributed by atoms with van der Waals surface area (Å²) in [6.45, 7) is 4.77. The zero-order valence-electron chi connectivity index (χ0n) is 35.7. The Morgan fingerprint density at radius 1 is 0.344 bits per heavy atom. The van der Waals surface area contributed by atoms with Crippen molar-refractivity contribution in [2.45, 2.75) is 24.7 Å². The first-order valence-electron chi connectivity index (χ1n) is 22.5. The molecule has 10 aromatic carbocycles. The maximum atomic E-state index is 2.56. The van der Waals surface area contributed by atoms with Gasteiger partial charge in [-0.2, -0.15) is 0 Å². The van der Waals surface area contributed by atoms with Crippen molar-refractivity contribution in [2.75, 3.05) is 4.90 Å². The van der Waals surface area contributed by atoms with Crippen molar-refractivity contribution in [3.8, 4) is 39.1 Å². The summed E-state index contributed by atoms with van der Waals surface area (Å²) in [6.07, 6.45) is 0. The van der Waals surface area contributed by atoms with Gasteiger partial charge in [0.25, 0.3) is 0 Å². The first kappa shape index (κ1) is 35.6. The highest BCUT2D eigenvalue weighted by Crippen LogP contribution is 2.63. The number of hydrogen-bond donors (Lipinski definition) is 0. The van der Waals surface area contributed by atoms with E-state index < -0.39 is 5.41 Å². The SMILES string of the molecule is CC1(C)c2ccccc2-c2ccc(-n3c4cccc5c4c4c6c(ccc(-c7cccc(N(c8ccccc8)c8ccccc8)c7)c6ccc43)C53c4ccccc4-c4ccccc43)cc21. The lowest BCUT2D eigenvalue weighted by Gasteiger charge is -2.38. The van der Waals surface area contributed by atoms with Crippen LogP contribution >= 0.6 is 0 Å². The van der Waals surface area contributed by atoms with Crippen molar-refractivity contribution < 1.29 is 0 Å². The van der Waals surface area contributed by atoms with Crippen LogP contribution in [0.2, 0.25) is 0 Å². The van der Waals surface area contributed by atoms with Crippen LogP contribution in [0.25, 0.3) is 71.6 Å². The van der Waals surface area contributed by atoms with Gasteiger partial charge in [0.15, 0.2) is 0 Å². The molecule has 0 N–H and O–H groups in total. The Kier molecular flexibility index (Phi) is 7.13. The van der Waals surface area contributed by atoms with E-state index >= 15 is 0 Å². The molecule has 300 valence electrons. The minimum Gasteiger partial charge on any atom is -0.310 e. The fraction of sp³-hybridized carbons (Fsp3) is 0.0645.